The minimum absolute atomic E-state index is 0.0320. The largest absolute Gasteiger partial charge is 0.383 e. The molecular weight excluding hydrogens is 300 g/mol. The van der Waals surface area contributed by atoms with Crippen LogP contribution in [0.3, 0.4) is 0 Å². The van der Waals surface area contributed by atoms with Crippen molar-refractivity contribution in [1.29, 1.82) is 0 Å². The van der Waals surface area contributed by atoms with Gasteiger partial charge in [-0.3, -0.25) is 4.79 Å². The van der Waals surface area contributed by atoms with E-state index in [2.05, 4.69) is 34.5 Å². The molecule has 132 valence electrons. The number of hydrogen-bond donors (Lipinski definition) is 1. The minimum atomic E-state index is 0.0320. The second-order valence-electron chi connectivity index (χ2n) is 7.62. The first kappa shape index (κ1) is 17.4. The van der Waals surface area contributed by atoms with Gasteiger partial charge in [0.15, 0.2) is 0 Å². The van der Waals surface area contributed by atoms with Crippen molar-refractivity contribution in [3.63, 3.8) is 0 Å². The van der Waals surface area contributed by atoms with E-state index in [-0.39, 0.29) is 23.3 Å². The summed E-state index contributed by atoms with van der Waals surface area (Å²) >= 11 is 0. The Morgan fingerprint density at radius 3 is 2.71 bits per heavy atom. The van der Waals surface area contributed by atoms with E-state index in [0.29, 0.717) is 0 Å². The summed E-state index contributed by atoms with van der Waals surface area (Å²) in [5, 5.41) is 3.28. The van der Waals surface area contributed by atoms with Crippen LogP contribution in [0.5, 0.6) is 0 Å². The Hall–Kier alpha value is -1.39. The van der Waals surface area contributed by atoms with Crippen molar-refractivity contribution in [3.05, 3.63) is 35.4 Å². The molecule has 1 aromatic rings. The lowest BCUT2D eigenvalue weighted by Gasteiger charge is -2.40. The molecule has 1 saturated heterocycles. The predicted molar refractivity (Wildman–Crippen MR) is 96.0 cm³/mol. The van der Waals surface area contributed by atoms with Crippen molar-refractivity contribution >= 4 is 5.91 Å². The van der Waals surface area contributed by atoms with Crippen LogP contribution in [0.2, 0.25) is 0 Å². The van der Waals surface area contributed by atoms with Gasteiger partial charge in [0, 0.05) is 25.0 Å². The molecular formula is C20H30N2O2. The number of benzene rings is 1. The van der Waals surface area contributed by atoms with E-state index in [9.17, 15) is 4.79 Å². The standard InChI is InChI=1S/C20H30N2O2/c1-15(2)19(23)21-18-14-20(17-7-5-4-6-16(17)18)8-10-22(11-9-20)12-13-24-3/h4-7,15,18H,8-14H2,1-3H3,(H,21,23). The summed E-state index contributed by atoms with van der Waals surface area (Å²) in [6.07, 6.45) is 3.38. The molecule has 3 rings (SSSR count). The van der Waals surface area contributed by atoms with E-state index in [1.807, 2.05) is 13.8 Å². The highest BCUT2D eigenvalue weighted by Gasteiger charge is 2.45. The van der Waals surface area contributed by atoms with Crippen LogP contribution in [0.25, 0.3) is 0 Å². The van der Waals surface area contributed by atoms with Crippen molar-refractivity contribution in [2.24, 2.45) is 5.92 Å². The highest BCUT2D eigenvalue weighted by atomic mass is 16.5. The molecule has 1 aliphatic carbocycles. The Kier molecular flexibility index (Phi) is 5.26. The number of fused-ring (bicyclic) bond motifs is 2. The third kappa shape index (κ3) is 3.35. The number of hydrogen-bond acceptors (Lipinski definition) is 3. The van der Waals surface area contributed by atoms with Crippen LogP contribution in [0, 0.1) is 5.92 Å². The van der Waals surface area contributed by atoms with Crippen LogP contribution in [-0.4, -0.2) is 44.2 Å². The average molecular weight is 330 g/mol. The molecule has 1 aliphatic heterocycles. The second-order valence-corrected chi connectivity index (χ2v) is 7.62. The summed E-state index contributed by atoms with van der Waals surface area (Å²) in [7, 11) is 1.76. The number of methoxy groups -OCH3 is 1. The molecule has 1 spiro atoms. The molecule has 1 unspecified atom stereocenters. The van der Waals surface area contributed by atoms with Gasteiger partial charge in [-0.15, -0.1) is 0 Å². The number of nitrogens with one attached hydrogen (secondary N) is 1. The predicted octanol–water partition coefficient (Wildman–Crippen LogP) is 2.88. The maximum absolute atomic E-state index is 12.2. The number of carbonyl (C=O) groups excluding carboxylic acids is 1. The van der Waals surface area contributed by atoms with Crippen molar-refractivity contribution in [1.82, 2.24) is 10.2 Å². The van der Waals surface area contributed by atoms with E-state index >= 15 is 0 Å². The van der Waals surface area contributed by atoms with Gasteiger partial charge in [-0.05, 0) is 43.5 Å². The van der Waals surface area contributed by atoms with E-state index in [1.54, 1.807) is 7.11 Å². The molecule has 1 amide bonds. The van der Waals surface area contributed by atoms with Gasteiger partial charge >= 0.3 is 0 Å². The lowest BCUT2D eigenvalue weighted by Crippen LogP contribution is -2.43. The number of piperidine rings is 1. The smallest absolute Gasteiger partial charge is 0.223 e. The monoisotopic (exact) mass is 330 g/mol. The summed E-state index contributed by atoms with van der Waals surface area (Å²) in [6.45, 7) is 7.96. The Labute approximate surface area is 145 Å². The van der Waals surface area contributed by atoms with Crippen LogP contribution < -0.4 is 5.32 Å². The van der Waals surface area contributed by atoms with E-state index in [1.165, 1.54) is 24.0 Å². The Morgan fingerprint density at radius 2 is 2.04 bits per heavy atom. The summed E-state index contributed by atoms with van der Waals surface area (Å²) in [5.41, 5.74) is 3.03. The zero-order valence-corrected chi connectivity index (χ0v) is 15.2. The summed E-state index contributed by atoms with van der Waals surface area (Å²) in [6, 6.07) is 8.89. The van der Waals surface area contributed by atoms with Crippen molar-refractivity contribution < 1.29 is 9.53 Å². The minimum Gasteiger partial charge on any atom is -0.383 e. The first-order valence-electron chi connectivity index (χ1n) is 9.17. The normalized spacial score (nSPS) is 22.8. The quantitative estimate of drug-likeness (QED) is 0.902. The van der Waals surface area contributed by atoms with Gasteiger partial charge in [-0.25, -0.2) is 0 Å². The van der Waals surface area contributed by atoms with E-state index in [0.717, 1.165) is 32.7 Å². The third-order valence-electron chi connectivity index (χ3n) is 5.77. The van der Waals surface area contributed by atoms with Gasteiger partial charge in [0.2, 0.25) is 5.91 Å². The molecule has 1 aromatic carbocycles. The fraction of sp³-hybridized carbons (Fsp3) is 0.650. The van der Waals surface area contributed by atoms with Crippen molar-refractivity contribution in [3.8, 4) is 0 Å². The molecule has 1 fully saturated rings. The van der Waals surface area contributed by atoms with Crippen molar-refractivity contribution in [2.75, 3.05) is 33.4 Å². The highest BCUT2D eigenvalue weighted by molar-refractivity contribution is 5.78. The lowest BCUT2D eigenvalue weighted by molar-refractivity contribution is -0.124. The van der Waals surface area contributed by atoms with Crippen LogP contribution in [-0.2, 0) is 14.9 Å². The van der Waals surface area contributed by atoms with E-state index < -0.39 is 0 Å². The summed E-state index contributed by atoms with van der Waals surface area (Å²) < 4.78 is 5.21. The molecule has 0 aromatic heterocycles. The molecule has 24 heavy (non-hydrogen) atoms. The molecule has 0 saturated carbocycles. The number of nitrogens with zero attached hydrogens (tertiary/aromatic N) is 1. The van der Waals surface area contributed by atoms with Gasteiger partial charge in [0.1, 0.15) is 0 Å². The number of rotatable bonds is 5. The van der Waals surface area contributed by atoms with Crippen LogP contribution in [0.1, 0.15) is 50.3 Å². The van der Waals surface area contributed by atoms with Crippen LogP contribution >= 0.6 is 0 Å². The molecule has 2 aliphatic rings. The van der Waals surface area contributed by atoms with Crippen molar-refractivity contribution in [2.45, 2.75) is 44.6 Å². The van der Waals surface area contributed by atoms with Gasteiger partial charge in [0.25, 0.3) is 0 Å². The number of likely N-dealkylation sites (tertiary alicyclic amines) is 1. The molecule has 4 heteroatoms. The van der Waals surface area contributed by atoms with Gasteiger partial charge < -0.3 is 15.0 Å². The zero-order valence-electron chi connectivity index (χ0n) is 15.2. The Balaban J connectivity index is 1.75. The Morgan fingerprint density at radius 1 is 1.33 bits per heavy atom. The molecule has 4 nitrogen and oxygen atoms in total. The Bertz CT molecular complexity index is 577. The SMILES string of the molecule is COCCN1CCC2(CC1)CC(NC(=O)C(C)C)c1ccccc12. The number of carbonyl (C=O) groups is 1. The highest BCUT2D eigenvalue weighted by Crippen LogP contribution is 2.50. The van der Waals surface area contributed by atoms with Gasteiger partial charge in [-0.1, -0.05) is 38.1 Å². The maximum atomic E-state index is 12.2. The first-order chi connectivity index (χ1) is 11.6. The summed E-state index contributed by atoms with van der Waals surface area (Å²) in [4.78, 5) is 14.7. The maximum Gasteiger partial charge on any atom is 0.223 e. The molecule has 0 radical (unpaired) electrons. The van der Waals surface area contributed by atoms with Gasteiger partial charge in [0.05, 0.1) is 12.6 Å². The second kappa shape index (κ2) is 7.24. The van der Waals surface area contributed by atoms with Crippen LogP contribution in [0.15, 0.2) is 24.3 Å². The summed E-state index contributed by atoms with van der Waals surface area (Å²) in [5.74, 6) is 0.189. The number of ether oxygens (including phenoxy) is 1. The fourth-order valence-corrected chi connectivity index (χ4v) is 4.26. The van der Waals surface area contributed by atoms with Crippen LogP contribution in [0.4, 0.5) is 0 Å². The number of amides is 1. The first-order valence-corrected chi connectivity index (χ1v) is 9.17. The lowest BCUT2D eigenvalue weighted by atomic mass is 9.73. The zero-order chi connectivity index (χ0) is 17.2. The molecule has 0 bridgehead atoms. The molecule has 1 heterocycles. The van der Waals surface area contributed by atoms with Gasteiger partial charge in [-0.2, -0.15) is 0 Å². The van der Waals surface area contributed by atoms with E-state index in [4.69, 9.17) is 4.74 Å². The molecule has 1 N–H and O–H groups in total. The third-order valence-corrected chi connectivity index (χ3v) is 5.77. The molecule has 1 atom stereocenters. The topological polar surface area (TPSA) is 41.6 Å². The fourth-order valence-electron chi connectivity index (χ4n) is 4.26. The average Bonchev–Trinajstić information content (AvgIpc) is 2.88.